The van der Waals surface area contributed by atoms with Gasteiger partial charge in [-0.25, -0.2) is 4.79 Å². The Kier molecular flexibility index (Phi) is 4.40. The molecule has 0 unspecified atom stereocenters. The zero-order valence-electron chi connectivity index (χ0n) is 11.9. The molecule has 9 heteroatoms. The van der Waals surface area contributed by atoms with Crippen LogP contribution in [0.1, 0.15) is 19.8 Å². The summed E-state index contributed by atoms with van der Waals surface area (Å²) >= 11 is 3.28. The Bertz CT molecular complexity index is 546. The molecule has 4 N–H and O–H groups in total. The fourth-order valence-electron chi connectivity index (χ4n) is 2.23. The van der Waals surface area contributed by atoms with Crippen molar-refractivity contribution < 1.29 is 14.3 Å². The van der Waals surface area contributed by atoms with Crippen molar-refractivity contribution in [3.05, 3.63) is 4.47 Å². The molecule has 0 aliphatic carbocycles. The molecule has 0 saturated carbocycles. The summed E-state index contributed by atoms with van der Waals surface area (Å²) in [5.41, 5.74) is 10.4. The smallest absolute Gasteiger partial charge is 0.405 e. The van der Waals surface area contributed by atoms with Gasteiger partial charge >= 0.3 is 6.09 Å². The summed E-state index contributed by atoms with van der Waals surface area (Å²) in [7, 11) is 1.52. The van der Waals surface area contributed by atoms with Crippen LogP contribution in [-0.2, 0) is 4.74 Å². The lowest BCUT2D eigenvalue weighted by atomic mass is 9.93. The summed E-state index contributed by atoms with van der Waals surface area (Å²) in [6.07, 6.45) is 0.520. The normalized spacial score (nSPS) is 17.4. The third-order valence-corrected chi connectivity index (χ3v) is 4.22. The highest BCUT2D eigenvalue weighted by atomic mass is 79.9. The van der Waals surface area contributed by atoms with Crippen LogP contribution in [0.25, 0.3) is 0 Å². The Balaban J connectivity index is 2.12. The van der Waals surface area contributed by atoms with Crippen molar-refractivity contribution >= 4 is 33.8 Å². The monoisotopic (exact) mass is 359 g/mol. The number of nitrogen functional groups attached to an aromatic ring is 1. The summed E-state index contributed by atoms with van der Waals surface area (Å²) in [4.78, 5) is 21.4. The summed E-state index contributed by atoms with van der Waals surface area (Å²) < 4.78 is 10.9. The SMILES string of the molecule is COc1nc(N2CCC(C)(OC(N)=O)CC2)nc(N)c1Br. The van der Waals surface area contributed by atoms with E-state index in [1.165, 1.54) is 7.11 Å². The van der Waals surface area contributed by atoms with E-state index in [0.717, 1.165) is 0 Å². The van der Waals surface area contributed by atoms with Crippen molar-refractivity contribution in [2.24, 2.45) is 5.73 Å². The molecule has 8 nitrogen and oxygen atoms in total. The van der Waals surface area contributed by atoms with Crippen LogP contribution >= 0.6 is 15.9 Å². The lowest BCUT2D eigenvalue weighted by Gasteiger charge is -2.38. The number of ether oxygens (including phenoxy) is 2. The Hall–Kier alpha value is -1.77. The maximum Gasteiger partial charge on any atom is 0.405 e. The van der Waals surface area contributed by atoms with Gasteiger partial charge in [-0.1, -0.05) is 0 Å². The zero-order chi connectivity index (χ0) is 15.6. The molecule has 1 aliphatic heterocycles. The first-order valence-corrected chi connectivity index (χ1v) is 7.24. The molecule has 2 rings (SSSR count). The van der Waals surface area contributed by atoms with Gasteiger partial charge in [-0.2, -0.15) is 9.97 Å². The number of carbonyl (C=O) groups excluding carboxylic acids is 1. The van der Waals surface area contributed by atoms with Gasteiger partial charge in [0, 0.05) is 25.9 Å². The molecule has 0 radical (unpaired) electrons. The number of aromatic nitrogens is 2. The van der Waals surface area contributed by atoms with E-state index in [9.17, 15) is 4.79 Å². The molecule has 116 valence electrons. The number of rotatable bonds is 3. The van der Waals surface area contributed by atoms with Gasteiger partial charge in [-0.15, -0.1) is 0 Å². The highest BCUT2D eigenvalue weighted by Gasteiger charge is 2.34. The number of halogens is 1. The highest BCUT2D eigenvalue weighted by Crippen LogP contribution is 2.32. The zero-order valence-corrected chi connectivity index (χ0v) is 13.5. The van der Waals surface area contributed by atoms with Gasteiger partial charge in [0.2, 0.25) is 11.8 Å². The molecule has 1 aliphatic rings. The lowest BCUT2D eigenvalue weighted by Crippen LogP contribution is -2.46. The minimum absolute atomic E-state index is 0.318. The van der Waals surface area contributed by atoms with Gasteiger partial charge in [0.25, 0.3) is 0 Å². The van der Waals surface area contributed by atoms with E-state index >= 15 is 0 Å². The second-order valence-corrected chi connectivity index (χ2v) is 5.88. The first-order chi connectivity index (χ1) is 9.84. The molecule has 2 heterocycles. The molecule has 0 spiro atoms. The van der Waals surface area contributed by atoms with E-state index in [4.69, 9.17) is 20.9 Å². The van der Waals surface area contributed by atoms with Crippen LogP contribution in [0.3, 0.4) is 0 Å². The lowest BCUT2D eigenvalue weighted by molar-refractivity contribution is 0.0125. The van der Waals surface area contributed by atoms with Crippen molar-refractivity contribution in [2.75, 3.05) is 30.8 Å². The Morgan fingerprint density at radius 3 is 2.52 bits per heavy atom. The topological polar surface area (TPSA) is 117 Å². The van der Waals surface area contributed by atoms with E-state index < -0.39 is 11.7 Å². The second kappa shape index (κ2) is 5.92. The average Bonchev–Trinajstić information content (AvgIpc) is 2.41. The van der Waals surface area contributed by atoms with Crippen molar-refractivity contribution in [1.82, 2.24) is 9.97 Å². The number of hydrogen-bond donors (Lipinski definition) is 2. The Morgan fingerprint density at radius 1 is 1.38 bits per heavy atom. The molecule has 1 saturated heterocycles. The van der Waals surface area contributed by atoms with Gasteiger partial charge in [0.1, 0.15) is 15.9 Å². The van der Waals surface area contributed by atoms with E-state index in [1.54, 1.807) is 0 Å². The third kappa shape index (κ3) is 3.46. The number of primary amides is 1. The molecular formula is C12H18BrN5O3. The second-order valence-electron chi connectivity index (χ2n) is 5.09. The van der Waals surface area contributed by atoms with E-state index in [1.807, 2.05) is 11.8 Å². The van der Waals surface area contributed by atoms with Crippen LogP contribution in [0.2, 0.25) is 0 Å². The third-order valence-electron chi connectivity index (χ3n) is 3.48. The van der Waals surface area contributed by atoms with Crippen molar-refractivity contribution in [2.45, 2.75) is 25.4 Å². The van der Waals surface area contributed by atoms with Crippen LogP contribution < -0.4 is 21.1 Å². The number of piperidine rings is 1. The molecule has 0 bridgehead atoms. The first kappa shape index (κ1) is 15.6. The largest absolute Gasteiger partial charge is 0.480 e. The standard InChI is InChI=1S/C12H18BrN5O3/c1-12(21-10(15)19)3-5-18(6-4-12)11-16-8(14)7(13)9(17-11)20-2/h3-6H2,1-2H3,(H2,15,19)(H2,14,16,17). The van der Waals surface area contributed by atoms with Gasteiger partial charge in [-0.05, 0) is 22.9 Å². The Labute approximate surface area is 130 Å². The molecule has 1 amide bonds. The maximum atomic E-state index is 10.9. The number of anilines is 2. The Morgan fingerprint density at radius 2 is 2.00 bits per heavy atom. The number of carbonyl (C=O) groups is 1. The van der Waals surface area contributed by atoms with Crippen LogP contribution in [0, 0.1) is 0 Å². The van der Waals surface area contributed by atoms with Gasteiger partial charge in [0.15, 0.2) is 0 Å². The van der Waals surface area contributed by atoms with Gasteiger partial charge in [0.05, 0.1) is 7.11 Å². The minimum Gasteiger partial charge on any atom is -0.480 e. The number of nitrogens with two attached hydrogens (primary N) is 2. The van der Waals surface area contributed by atoms with E-state index in [-0.39, 0.29) is 0 Å². The molecule has 1 fully saturated rings. The number of hydrogen-bond acceptors (Lipinski definition) is 7. The van der Waals surface area contributed by atoms with E-state index in [2.05, 4.69) is 25.9 Å². The fourth-order valence-corrected chi connectivity index (χ4v) is 2.57. The highest BCUT2D eigenvalue weighted by molar-refractivity contribution is 9.10. The van der Waals surface area contributed by atoms with Gasteiger partial charge in [-0.3, -0.25) is 0 Å². The summed E-state index contributed by atoms with van der Waals surface area (Å²) in [5.74, 6) is 1.20. The molecular weight excluding hydrogens is 342 g/mol. The summed E-state index contributed by atoms with van der Waals surface area (Å²) in [6, 6.07) is 0. The van der Waals surface area contributed by atoms with Crippen LogP contribution in [0.4, 0.5) is 16.6 Å². The van der Waals surface area contributed by atoms with Crippen LogP contribution in [0.5, 0.6) is 5.88 Å². The first-order valence-electron chi connectivity index (χ1n) is 6.45. The van der Waals surface area contributed by atoms with Crippen molar-refractivity contribution in [1.29, 1.82) is 0 Å². The number of methoxy groups -OCH3 is 1. The van der Waals surface area contributed by atoms with Crippen molar-refractivity contribution in [3.8, 4) is 5.88 Å². The molecule has 21 heavy (non-hydrogen) atoms. The summed E-state index contributed by atoms with van der Waals surface area (Å²) in [6.45, 7) is 3.13. The molecule has 1 aromatic heterocycles. The molecule has 1 aromatic rings. The number of amides is 1. The quantitative estimate of drug-likeness (QED) is 0.834. The molecule has 0 aromatic carbocycles. The van der Waals surface area contributed by atoms with Crippen LogP contribution in [0.15, 0.2) is 4.47 Å². The fraction of sp³-hybridized carbons (Fsp3) is 0.583. The molecule has 0 atom stereocenters. The predicted molar refractivity (Wildman–Crippen MR) is 81.2 cm³/mol. The number of nitrogens with zero attached hydrogens (tertiary/aromatic N) is 3. The minimum atomic E-state index is -0.753. The van der Waals surface area contributed by atoms with Crippen molar-refractivity contribution in [3.63, 3.8) is 0 Å². The van der Waals surface area contributed by atoms with E-state index in [0.29, 0.717) is 48.1 Å². The van der Waals surface area contributed by atoms with Gasteiger partial charge < -0.3 is 25.8 Å². The summed E-state index contributed by atoms with van der Waals surface area (Å²) in [5, 5.41) is 0. The average molecular weight is 360 g/mol. The maximum absolute atomic E-state index is 10.9. The van der Waals surface area contributed by atoms with Crippen LogP contribution in [-0.4, -0.2) is 41.9 Å². The predicted octanol–water partition coefficient (Wildman–Crippen LogP) is 1.28.